The van der Waals surface area contributed by atoms with E-state index in [0.717, 1.165) is 0 Å². The molecule has 1 amide bonds. The van der Waals surface area contributed by atoms with Gasteiger partial charge in [0.1, 0.15) is 5.82 Å². The van der Waals surface area contributed by atoms with E-state index in [1.165, 1.54) is 31.2 Å². The maximum atomic E-state index is 14.2. The molecule has 0 aliphatic heterocycles. The second kappa shape index (κ2) is 8.70. The van der Waals surface area contributed by atoms with Crippen LogP contribution in [0.4, 0.5) is 36.4 Å². The summed E-state index contributed by atoms with van der Waals surface area (Å²) in [6.07, 6.45) is -12.7. The Kier molecular flexibility index (Phi) is 6.95. The molecular formula is C19H16F7NO4S. The van der Waals surface area contributed by atoms with Gasteiger partial charge in [0.25, 0.3) is 5.60 Å². The molecule has 0 spiro atoms. The predicted molar refractivity (Wildman–Crippen MR) is 98.9 cm³/mol. The Balaban J connectivity index is 2.22. The normalized spacial score (nSPS) is 13.2. The number of halogens is 7. The predicted octanol–water partition coefficient (Wildman–Crippen LogP) is 4.11. The highest BCUT2D eigenvalue weighted by Gasteiger charge is 2.71. The van der Waals surface area contributed by atoms with E-state index in [2.05, 4.69) is 0 Å². The number of nitrogens with one attached hydrogen (secondary N) is 1. The van der Waals surface area contributed by atoms with E-state index in [-0.39, 0.29) is 29.2 Å². The number of carbonyl (C=O) groups excluding carboxylic acids is 1. The maximum absolute atomic E-state index is 14.2. The van der Waals surface area contributed by atoms with E-state index in [4.69, 9.17) is 0 Å². The van der Waals surface area contributed by atoms with E-state index in [1.807, 2.05) is 5.32 Å². The third-order valence-corrected chi connectivity index (χ3v) is 6.26. The molecule has 0 saturated carbocycles. The Labute approximate surface area is 177 Å². The van der Waals surface area contributed by atoms with Crippen molar-refractivity contribution < 1.29 is 49.1 Å². The lowest BCUT2D eigenvalue weighted by Gasteiger charge is -2.32. The first-order valence-corrected chi connectivity index (χ1v) is 10.5. The first kappa shape index (κ1) is 25.6. The Morgan fingerprint density at radius 2 is 1.50 bits per heavy atom. The molecule has 5 nitrogen and oxygen atoms in total. The first-order valence-electron chi connectivity index (χ1n) is 8.80. The van der Waals surface area contributed by atoms with Crippen molar-refractivity contribution in [3.8, 4) is 0 Å². The molecule has 0 atom stereocenters. The van der Waals surface area contributed by atoms with E-state index < -0.39 is 50.8 Å². The van der Waals surface area contributed by atoms with Crippen molar-refractivity contribution in [3.05, 3.63) is 59.4 Å². The first-order chi connectivity index (χ1) is 14.5. The van der Waals surface area contributed by atoms with Gasteiger partial charge in [0.05, 0.1) is 22.8 Å². The number of rotatable bonds is 6. The third kappa shape index (κ3) is 5.04. The Hall–Kier alpha value is -2.67. The standard InChI is InChI=1S/C19H16F7NO4S/c1-2-32(30,31)13-6-3-11(4-7-13)9-16(28)27-15-8-5-12(10-14(15)20)17(29,18(21,22)23)19(24,25)26/h3-8,10,29H,2,9H2,1H3,(H,27,28). The molecule has 0 aliphatic rings. The van der Waals surface area contributed by atoms with Gasteiger partial charge in [-0.15, -0.1) is 0 Å². The lowest BCUT2D eigenvalue weighted by Crippen LogP contribution is -2.54. The highest BCUT2D eigenvalue weighted by molar-refractivity contribution is 7.91. The lowest BCUT2D eigenvalue weighted by atomic mass is 9.92. The van der Waals surface area contributed by atoms with Crippen LogP contribution in [0.25, 0.3) is 0 Å². The molecule has 0 fully saturated rings. The Bertz CT molecular complexity index is 1080. The highest BCUT2D eigenvalue weighted by Crippen LogP contribution is 2.50. The van der Waals surface area contributed by atoms with Gasteiger partial charge in [-0.1, -0.05) is 25.1 Å². The SMILES string of the molecule is CCS(=O)(=O)c1ccc(CC(=O)Nc2ccc(C(O)(C(F)(F)F)C(F)(F)F)cc2F)cc1. The summed E-state index contributed by atoms with van der Waals surface area (Å²) in [6.45, 7) is 1.45. The molecule has 176 valence electrons. The van der Waals surface area contributed by atoms with Crippen molar-refractivity contribution in [2.24, 2.45) is 0 Å². The summed E-state index contributed by atoms with van der Waals surface area (Å²) in [6, 6.07) is 5.66. The van der Waals surface area contributed by atoms with Crippen LogP contribution in [-0.2, 0) is 26.7 Å². The molecule has 2 aromatic carbocycles. The summed E-state index contributed by atoms with van der Waals surface area (Å²) in [5.41, 5.74) is -7.50. The summed E-state index contributed by atoms with van der Waals surface area (Å²) < 4.78 is 115. The van der Waals surface area contributed by atoms with Gasteiger partial charge in [0.15, 0.2) is 9.84 Å². The summed E-state index contributed by atoms with van der Waals surface area (Å²) in [5.74, 6) is -2.64. The van der Waals surface area contributed by atoms with E-state index in [0.29, 0.717) is 11.6 Å². The molecule has 0 saturated heterocycles. The zero-order valence-electron chi connectivity index (χ0n) is 16.2. The van der Waals surface area contributed by atoms with E-state index in [1.54, 1.807) is 0 Å². The minimum absolute atomic E-state index is 0.0209. The summed E-state index contributed by atoms with van der Waals surface area (Å²) in [5, 5.41) is 11.3. The van der Waals surface area contributed by atoms with E-state index >= 15 is 0 Å². The minimum Gasteiger partial charge on any atom is -0.369 e. The van der Waals surface area contributed by atoms with Crippen LogP contribution >= 0.6 is 0 Å². The monoisotopic (exact) mass is 487 g/mol. The molecule has 0 aromatic heterocycles. The topological polar surface area (TPSA) is 83.5 Å². The lowest BCUT2D eigenvalue weighted by molar-refractivity contribution is -0.376. The molecule has 0 bridgehead atoms. The fourth-order valence-electron chi connectivity index (χ4n) is 2.69. The van der Waals surface area contributed by atoms with Gasteiger partial charge < -0.3 is 10.4 Å². The zero-order valence-corrected chi connectivity index (χ0v) is 17.0. The van der Waals surface area contributed by atoms with E-state index in [9.17, 15) is 49.1 Å². The van der Waals surface area contributed by atoms with Crippen LogP contribution in [0.5, 0.6) is 0 Å². The smallest absolute Gasteiger partial charge is 0.369 e. The van der Waals surface area contributed by atoms with Crippen LogP contribution in [0, 0.1) is 5.82 Å². The maximum Gasteiger partial charge on any atom is 0.430 e. The third-order valence-electron chi connectivity index (χ3n) is 4.51. The van der Waals surface area contributed by atoms with Gasteiger partial charge in [-0.05, 0) is 29.8 Å². The van der Waals surface area contributed by atoms with Gasteiger partial charge in [0, 0.05) is 5.56 Å². The van der Waals surface area contributed by atoms with Crippen molar-refractivity contribution in [2.75, 3.05) is 11.1 Å². The summed E-state index contributed by atoms with van der Waals surface area (Å²) >= 11 is 0. The molecule has 32 heavy (non-hydrogen) atoms. The fourth-order valence-corrected chi connectivity index (χ4v) is 3.57. The van der Waals surface area contributed by atoms with Crippen molar-refractivity contribution in [3.63, 3.8) is 0 Å². The molecule has 13 heteroatoms. The van der Waals surface area contributed by atoms with Gasteiger partial charge in [-0.2, -0.15) is 26.3 Å². The highest BCUT2D eigenvalue weighted by atomic mass is 32.2. The van der Waals surface area contributed by atoms with Gasteiger partial charge in [-0.25, -0.2) is 12.8 Å². The molecule has 2 rings (SSSR count). The van der Waals surface area contributed by atoms with Crippen LogP contribution in [0.15, 0.2) is 47.4 Å². The second-order valence-electron chi connectivity index (χ2n) is 6.67. The zero-order chi connectivity index (χ0) is 24.5. The number of carbonyl (C=O) groups is 1. The number of hydrogen-bond donors (Lipinski definition) is 2. The molecular weight excluding hydrogens is 471 g/mol. The van der Waals surface area contributed by atoms with Crippen molar-refractivity contribution in [1.82, 2.24) is 0 Å². The second-order valence-corrected chi connectivity index (χ2v) is 8.95. The fraction of sp³-hybridized carbons (Fsp3) is 0.316. The summed E-state index contributed by atoms with van der Waals surface area (Å²) in [7, 11) is -3.47. The largest absolute Gasteiger partial charge is 0.430 e. The minimum atomic E-state index is -6.18. The van der Waals surface area contributed by atoms with Crippen LogP contribution in [0.3, 0.4) is 0 Å². The van der Waals surface area contributed by atoms with Crippen molar-refractivity contribution >= 4 is 21.4 Å². The van der Waals surface area contributed by atoms with Crippen LogP contribution < -0.4 is 5.32 Å². The van der Waals surface area contributed by atoms with Gasteiger partial charge in [0.2, 0.25) is 5.91 Å². The average molecular weight is 487 g/mol. The Morgan fingerprint density at radius 3 is 1.94 bits per heavy atom. The van der Waals surface area contributed by atoms with Gasteiger partial charge >= 0.3 is 12.4 Å². The van der Waals surface area contributed by atoms with Crippen LogP contribution in [0.2, 0.25) is 0 Å². The molecule has 0 radical (unpaired) electrons. The number of amides is 1. The molecule has 0 aliphatic carbocycles. The number of hydrogen-bond acceptors (Lipinski definition) is 4. The number of alkyl halides is 6. The van der Waals surface area contributed by atoms with Crippen molar-refractivity contribution in [2.45, 2.75) is 36.2 Å². The average Bonchev–Trinajstić information content (AvgIpc) is 2.67. The molecule has 0 unspecified atom stereocenters. The molecule has 0 heterocycles. The number of sulfone groups is 1. The quantitative estimate of drug-likeness (QED) is 0.601. The van der Waals surface area contributed by atoms with Crippen LogP contribution in [-0.4, -0.2) is 37.5 Å². The number of anilines is 1. The number of benzene rings is 2. The Morgan fingerprint density at radius 1 is 0.969 bits per heavy atom. The summed E-state index contributed by atoms with van der Waals surface area (Å²) in [4.78, 5) is 12.1. The van der Waals surface area contributed by atoms with Crippen molar-refractivity contribution in [1.29, 1.82) is 0 Å². The van der Waals surface area contributed by atoms with Gasteiger partial charge in [-0.3, -0.25) is 4.79 Å². The van der Waals surface area contributed by atoms with Crippen LogP contribution in [0.1, 0.15) is 18.1 Å². The molecule has 2 N–H and O–H groups in total. The number of aliphatic hydroxyl groups is 1. The molecule has 2 aromatic rings.